The standard InChI is InChI=1S/C16H24O6/c1-8-4-9(2)11(10(3)5-8)6-12(18)14(20)16(22)15(21)13(19)7-17/h4-6,13-22H,7H2,1-3H3. The minimum atomic E-state index is -1.83. The average Bonchev–Trinajstić information content (AvgIpc) is 2.47. The van der Waals surface area contributed by atoms with E-state index in [9.17, 15) is 25.5 Å². The number of rotatable bonds is 6. The number of aliphatic hydroxyl groups is 6. The molecule has 0 heterocycles. The predicted molar refractivity (Wildman–Crippen MR) is 82.4 cm³/mol. The molecule has 124 valence electrons. The highest BCUT2D eigenvalue weighted by Crippen LogP contribution is 2.21. The zero-order valence-electron chi connectivity index (χ0n) is 12.9. The third-order valence-electron chi connectivity index (χ3n) is 3.59. The molecule has 0 amide bonds. The molecule has 0 saturated carbocycles. The lowest BCUT2D eigenvalue weighted by atomic mass is 9.96. The third kappa shape index (κ3) is 4.28. The van der Waals surface area contributed by atoms with E-state index < -0.39 is 36.8 Å². The van der Waals surface area contributed by atoms with Crippen molar-refractivity contribution in [2.75, 3.05) is 6.61 Å². The van der Waals surface area contributed by atoms with Gasteiger partial charge in [0.25, 0.3) is 0 Å². The van der Waals surface area contributed by atoms with Crippen LogP contribution in [0.15, 0.2) is 17.9 Å². The Labute approximate surface area is 129 Å². The van der Waals surface area contributed by atoms with Crippen molar-refractivity contribution in [3.8, 4) is 0 Å². The quantitative estimate of drug-likeness (QED) is 0.410. The van der Waals surface area contributed by atoms with Crippen LogP contribution in [-0.2, 0) is 0 Å². The van der Waals surface area contributed by atoms with Crippen molar-refractivity contribution in [1.82, 2.24) is 0 Å². The van der Waals surface area contributed by atoms with E-state index in [1.807, 2.05) is 32.9 Å². The predicted octanol–water partition coefficient (Wildman–Crippen LogP) is -0.0533. The van der Waals surface area contributed by atoms with Crippen LogP contribution in [0.1, 0.15) is 22.3 Å². The van der Waals surface area contributed by atoms with Gasteiger partial charge in [-0.2, -0.15) is 0 Å². The number of aryl methyl sites for hydroxylation is 3. The molecule has 0 bridgehead atoms. The first-order chi connectivity index (χ1) is 10.2. The number of aliphatic hydroxyl groups excluding tert-OH is 6. The molecular formula is C16H24O6. The summed E-state index contributed by atoms with van der Waals surface area (Å²) in [6.07, 6.45) is -5.69. The summed E-state index contributed by atoms with van der Waals surface area (Å²) in [6, 6.07) is 3.83. The number of hydrogen-bond donors (Lipinski definition) is 6. The highest BCUT2D eigenvalue weighted by Gasteiger charge is 2.32. The molecule has 22 heavy (non-hydrogen) atoms. The van der Waals surface area contributed by atoms with Crippen molar-refractivity contribution in [2.45, 2.75) is 45.2 Å². The SMILES string of the molecule is Cc1cc(C)c(C=C(O)C(O)C(O)C(O)C(O)CO)c(C)c1. The van der Waals surface area contributed by atoms with E-state index in [1.165, 1.54) is 6.08 Å². The molecule has 0 aliphatic heterocycles. The fourth-order valence-corrected chi connectivity index (χ4v) is 2.35. The van der Waals surface area contributed by atoms with Gasteiger partial charge in [-0.15, -0.1) is 0 Å². The molecule has 0 saturated heterocycles. The smallest absolute Gasteiger partial charge is 0.139 e. The summed E-state index contributed by atoms with van der Waals surface area (Å²) in [5.41, 5.74) is 3.55. The average molecular weight is 312 g/mol. The van der Waals surface area contributed by atoms with Crippen LogP contribution < -0.4 is 0 Å². The molecule has 6 nitrogen and oxygen atoms in total. The largest absolute Gasteiger partial charge is 0.509 e. The van der Waals surface area contributed by atoms with E-state index in [1.54, 1.807) is 0 Å². The summed E-state index contributed by atoms with van der Waals surface area (Å²) < 4.78 is 0. The van der Waals surface area contributed by atoms with E-state index in [-0.39, 0.29) is 0 Å². The van der Waals surface area contributed by atoms with Crippen LogP contribution in [0.4, 0.5) is 0 Å². The van der Waals surface area contributed by atoms with Gasteiger partial charge in [0.15, 0.2) is 0 Å². The van der Waals surface area contributed by atoms with Crippen LogP contribution in [0.5, 0.6) is 0 Å². The van der Waals surface area contributed by atoms with Crippen LogP contribution in [0, 0.1) is 20.8 Å². The van der Waals surface area contributed by atoms with Gasteiger partial charge < -0.3 is 30.6 Å². The molecule has 4 unspecified atom stereocenters. The first-order valence-corrected chi connectivity index (χ1v) is 7.00. The van der Waals surface area contributed by atoms with Gasteiger partial charge in [-0.25, -0.2) is 0 Å². The Morgan fingerprint density at radius 1 is 1.00 bits per heavy atom. The van der Waals surface area contributed by atoms with Crippen LogP contribution in [0.2, 0.25) is 0 Å². The zero-order valence-corrected chi connectivity index (χ0v) is 12.9. The van der Waals surface area contributed by atoms with Crippen molar-refractivity contribution >= 4 is 6.08 Å². The summed E-state index contributed by atoms with van der Waals surface area (Å²) in [5, 5.41) is 57.1. The van der Waals surface area contributed by atoms with Crippen LogP contribution in [0.3, 0.4) is 0 Å². The summed E-state index contributed by atoms with van der Waals surface area (Å²) in [7, 11) is 0. The van der Waals surface area contributed by atoms with Crippen molar-refractivity contribution < 1.29 is 30.6 Å². The van der Waals surface area contributed by atoms with E-state index in [0.717, 1.165) is 16.7 Å². The lowest BCUT2D eigenvalue weighted by molar-refractivity contribution is -0.112. The maximum atomic E-state index is 9.96. The number of hydrogen-bond acceptors (Lipinski definition) is 6. The monoisotopic (exact) mass is 312 g/mol. The molecule has 0 radical (unpaired) electrons. The Morgan fingerprint density at radius 2 is 1.50 bits per heavy atom. The summed E-state index contributed by atoms with van der Waals surface area (Å²) >= 11 is 0. The molecule has 0 aromatic heterocycles. The highest BCUT2D eigenvalue weighted by atomic mass is 16.4. The van der Waals surface area contributed by atoms with E-state index >= 15 is 0 Å². The maximum Gasteiger partial charge on any atom is 0.139 e. The van der Waals surface area contributed by atoms with Crippen LogP contribution in [0.25, 0.3) is 6.08 Å². The molecule has 6 heteroatoms. The van der Waals surface area contributed by atoms with Crippen molar-refractivity contribution in [2.24, 2.45) is 0 Å². The maximum absolute atomic E-state index is 9.96. The topological polar surface area (TPSA) is 121 Å². The van der Waals surface area contributed by atoms with Gasteiger partial charge in [-0.3, -0.25) is 0 Å². The van der Waals surface area contributed by atoms with Gasteiger partial charge in [0, 0.05) is 0 Å². The second kappa shape index (κ2) is 7.71. The van der Waals surface area contributed by atoms with Crippen molar-refractivity contribution in [1.29, 1.82) is 0 Å². The molecule has 6 N–H and O–H groups in total. The molecule has 4 atom stereocenters. The lowest BCUT2D eigenvalue weighted by Crippen LogP contribution is -2.46. The fourth-order valence-electron chi connectivity index (χ4n) is 2.35. The van der Waals surface area contributed by atoms with E-state index in [2.05, 4.69) is 0 Å². The van der Waals surface area contributed by atoms with Crippen molar-refractivity contribution in [3.63, 3.8) is 0 Å². The molecular weight excluding hydrogens is 288 g/mol. The normalized spacial score (nSPS) is 17.9. The Balaban J connectivity index is 3.02. The highest BCUT2D eigenvalue weighted by molar-refractivity contribution is 5.60. The van der Waals surface area contributed by atoms with Gasteiger partial charge in [-0.05, 0) is 43.5 Å². The molecule has 1 rings (SSSR count). The fraction of sp³-hybridized carbons (Fsp3) is 0.500. The van der Waals surface area contributed by atoms with Crippen molar-refractivity contribution in [3.05, 3.63) is 40.1 Å². The molecule has 0 aliphatic rings. The molecule has 0 aliphatic carbocycles. The van der Waals surface area contributed by atoms with Gasteiger partial charge in [0.1, 0.15) is 30.2 Å². The van der Waals surface area contributed by atoms with Gasteiger partial charge in [0.2, 0.25) is 0 Å². The van der Waals surface area contributed by atoms with Crippen LogP contribution in [-0.4, -0.2) is 61.7 Å². The molecule has 0 fully saturated rings. The second-order valence-electron chi connectivity index (χ2n) is 5.56. The first kappa shape index (κ1) is 18.6. The second-order valence-corrected chi connectivity index (χ2v) is 5.56. The lowest BCUT2D eigenvalue weighted by Gasteiger charge is -2.25. The molecule has 1 aromatic carbocycles. The minimum absolute atomic E-state index is 0.535. The minimum Gasteiger partial charge on any atom is -0.509 e. The Morgan fingerprint density at radius 3 is 1.95 bits per heavy atom. The van der Waals surface area contributed by atoms with E-state index in [4.69, 9.17) is 5.11 Å². The number of benzene rings is 1. The first-order valence-electron chi connectivity index (χ1n) is 7.00. The van der Waals surface area contributed by atoms with E-state index in [0.29, 0.717) is 5.56 Å². The molecule has 1 aromatic rings. The van der Waals surface area contributed by atoms with Gasteiger partial charge in [0.05, 0.1) is 6.61 Å². The summed E-state index contributed by atoms with van der Waals surface area (Å²) in [6.45, 7) is 4.88. The molecule has 0 spiro atoms. The summed E-state index contributed by atoms with van der Waals surface area (Å²) in [5.74, 6) is -0.535. The Hall–Kier alpha value is -1.44. The van der Waals surface area contributed by atoms with Crippen LogP contribution >= 0.6 is 0 Å². The Bertz CT molecular complexity index is 516. The van der Waals surface area contributed by atoms with Gasteiger partial charge in [-0.1, -0.05) is 17.7 Å². The Kier molecular flexibility index (Phi) is 6.52. The third-order valence-corrected chi connectivity index (χ3v) is 3.59. The zero-order chi connectivity index (χ0) is 17.0. The van der Waals surface area contributed by atoms with Gasteiger partial charge >= 0.3 is 0 Å². The summed E-state index contributed by atoms with van der Waals surface area (Å²) in [4.78, 5) is 0.